The molecule has 0 saturated carbocycles. The van der Waals surface area contributed by atoms with Crippen LogP contribution in [0.1, 0.15) is 108 Å². The molecule has 0 N–H and O–H groups in total. The highest BCUT2D eigenvalue weighted by Gasteiger charge is 2.17. The van der Waals surface area contributed by atoms with Crippen molar-refractivity contribution in [2.45, 2.75) is 111 Å². The predicted octanol–water partition coefficient (Wildman–Crippen LogP) is 5.66. The molecule has 0 atom stereocenters. The lowest BCUT2D eigenvalue weighted by Gasteiger charge is -2.20. The Morgan fingerprint density at radius 1 is 0.683 bits per heavy atom. The molecule has 0 aliphatic rings. The fourth-order valence-electron chi connectivity index (χ4n) is 5.11. The lowest BCUT2D eigenvalue weighted by molar-refractivity contribution is -0.696. The summed E-state index contributed by atoms with van der Waals surface area (Å²) in [6, 6.07) is 24.8. The van der Waals surface area contributed by atoms with E-state index in [1.54, 1.807) is 6.92 Å². The van der Waals surface area contributed by atoms with Crippen LogP contribution in [0.4, 0.5) is 0 Å². The van der Waals surface area contributed by atoms with Gasteiger partial charge in [-0.15, -0.1) is 0 Å². The SMILES string of the molecule is CCCCCCCCCCCCCCOc1ccc(CN(Cc2cccc[n+]2Cc2ccccc2)C(C)=O)cc1.[Br-]. The molecule has 5 heteroatoms. The largest absolute Gasteiger partial charge is 1.00 e. The fourth-order valence-corrected chi connectivity index (χ4v) is 5.11. The van der Waals surface area contributed by atoms with Crippen LogP contribution in [0.25, 0.3) is 0 Å². The van der Waals surface area contributed by atoms with Crippen molar-refractivity contribution in [1.82, 2.24) is 4.90 Å². The number of halogens is 1. The third-order valence-electron chi connectivity index (χ3n) is 7.59. The molecule has 41 heavy (non-hydrogen) atoms. The summed E-state index contributed by atoms with van der Waals surface area (Å²) in [7, 11) is 0. The molecule has 4 nitrogen and oxygen atoms in total. The second-order valence-corrected chi connectivity index (χ2v) is 11.1. The number of benzene rings is 2. The minimum absolute atomic E-state index is 0. The molecule has 1 aromatic heterocycles. The number of amides is 1. The van der Waals surface area contributed by atoms with Crippen LogP contribution in [0.2, 0.25) is 0 Å². The van der Waals surface area contributed by atoms with Crippen molar-refractivity contribution in [3.8, 4) is 5.75 Å². The Bertz CT molecular complexity index is 1090. The summed E-state index contributed by atoms with van der Waals surface area (Å²) in [6.07, 6.45) is 18.3. The molecule has 0 saturated heterocycles. The molecule has 0 radical (unpaired) electrons. The van der Waals surface area contributed by atoms with Crippen molar-refractivity contribution in [2.24, 2.45) is 0 Å². The van der Waals surface area contributed by atoms with Gasteiger partial charge in [-0.05, 0) is 24.1 Å². The summed E-state index contributed by atoms with van der Waals surface area (Å²) < 4.78 is 8.21. The number of hydrogen-bond donors (Lipinski definition) is 0. The highest BCUT2D eigenvalue weighted by Crippen LogP contribution is 2.17. The molecule has 0 bridgehead atoms. The number of aromatic nitrogens is 1. The number of ether oxygens (including phenoxy) is 1. The number of pyridine rings is 1. The van der Waals surface area contributed by atoms with Crippen LogP contribution in [0.15, 0.2) is 79.0 Å². The van der Waals surface area contributed by atoms with Gasteiger partial charge in [-0.3, -0.25) is 4.79 Å². The lowest BCUT2D eigenvalue weighted by atomic mass is 10.1. The van der Waals surface area contributed by atoms with Crippen LogP contribution in [-0.4, -0.2) is 17.4 Å². The highest BCUT2D eigenvalue weighted by atomic mass is 79.9. The van der Waals surface area contributed by atoms with E-state index in [1.807, 2.05) is 35.2 Å². The Morgan fingerprint density at radius 3 is 1.88 bits per heavy atom. The van der Waals surface area contributed by atoms with Gasteiger partial charge in [-0.1, -0.05) is 126 Å². The Balaban J connectivity index is 0.00000588. The molecule has 0 unspecified atom stereocenters. The maximum Gasteiger partial charge on any atom is 0.220 e. The van der Waals surface area contributed by atoms with E-state index >= 15 is 0 Å². The van der Waals surface area contributed by atoms with Crippen molar-refractivity contribution in [3.05, 3.63) is 95.8 Å². The Morgan fingerprint density at radius 2 is 1.27 bits per heavy atom. The van der Waals surface area contributed by atoms with E-state index < -0.39 is 0 Å². The van der Waals surface area contributed by atoms with Crippen LogP contribution in [0.5, 0.6) is 5.75 Å². The first kappa shape index (κ1) is 34.5. The summed E-state index contributed by atoms with van der Waals surface area (Å²) in [5.74, 6) is 0.979. The molecule has 0 aliphatic heterocycles. The normalized spacial score (nSPS) is 10.7. The second kappa shape index (κ2) is 21.1. The third kappa shape index (κ3) is 14.2. The average molecular weight is 624 g/mol. The molecule has 0 spiro atoms. The molecule has 2 aromatic carbocycles. The van der Waals surface area contributed by atoms with Crippen LogP contribution in [-0.2, 0) is 24.4 Å². The standard InChI is InChI=1S/C36H51N2O2.BrH/c1-3-4-5-6-7-8-9-10-11-12-13-19-28-40-36-25-23-34(24-26-36)30-38(32(2)39)31-35-22-17-18-27-37(35)29-33-20-15-14-16-21-33;/h14-18,20-27H,3-13,19,28-31H2,1-2H3;1H/q+1;/p-1. The van der Waals surface area contributed by atoms with Gasteiger partial charge >= 0.3 is 0 Å². The first-order valence-corrected chi connectivity index (χ1v) is 15.6. The van der Waals surface area contributed by atoms with E-state index in [9.17, 15) is 4.79 Å². The molecular weight excluding hydrogens is 572 g/mol. The van der Waals surface area contributed by atoms with Gasteiger partial charge in [-0.25, -0.2) is 0 Å². The van der Waals surface area contributed by atoms with E-state index in [1.165, 1.54) is 76.2 Å². The summed E-state index contributed by atoms with van der Waals surface area (Å²) in [6.45, 7) is 6.63. The van der Waals surface area contributed by atoms with Gasteiger partial charge in [0, 0.05) is 31.2 Å². The maximum atomic E-state index is 12.5. The molecular formula is C36H51BrN2O2. The topological polar surface area (TPSA) is 33.4 Å². The number of hydrogen-bond acceptors (Lipinski definition) is 2. The first-order chi connectivity index (χ1) is 19.7. The molecule has 1 amide bonds. The van der Waals surface area contributed by atoms with Crippen LogP contribution < -0.4 is 26.3 Å². The monoisotopic (exact) mass is 622 g/mol. The van der Waals surface area contributed by atoms with E-state index in [2.05, 4.69) is 60.2 Å². The van der Waals surface area contributed by atoms with Crippen molar-refractivity contribution >= 4 is 5.91 Å². The summed E-state index contributed by atoms with van der Waals surface area (Å²) in [5.41, 5.74) is 3.47. The summed E-state index contributed by atoms with van der Waals surface area (Å²) >= 11 is 0. The average Bonchev–Trinajstić information content (AvgIpc) is 2.97. The summed E-state index contributed by atoms with van der Waals surface area (Å²) in [5, 5.41) is 0. The quantitative estimate of drug-likeness (QED) is 0.120. The fraction of sp³-hybridized carbons (Fsp3) is 0.500. The zero-order chi connectivity index (χ0) is 28.3. The van der Waals surface area contributed by atoms with Crippen molar-refractivity contribution in [2.75, 3.05) is 6.61 Å². The second-order valence-electron chi connectivity index (χ2n) is 11.1. The molecule has 0 aliphatic carbocycles. The van der Waals surface area contributed by atoms with E-state index in [4.69, 9.17) is 4.74 Å². The Hall–Kier alpha value is -2.66. The van der Waals surface area contributed by atoms with Gasteiger partial charge in [-0.2, -0.15) is 4.57 Å². The summed E-state index contributed by atoms with van der Waals surface area (Å²) in [4.78, 5) is 14.4. The van der Waals surface area contributed by atoms with E-state index in [-0.39, 0.29) is 22.9 Å². The van der Waals surface area contributed by atoms with Crippen LogP contribution in [0, 0.1) is 0 Å². The molecule has 3 rings (SSSR count). The van der Waals surface area contributed by atoms with Gasteiger partial charge in [0.15, 0.2) is 12.7 Å². The Labute approximate surface area is 259 Å². The Kier molecular flexibility index (Phi) is 17.8. The predicted molar refractivity (Wildman–Crippen MR) is 165 cm³/mol. The zero-order valence-electron chi connectivity index (χ0n) is 25.4. The molecule has 224 valence electrons. The molecule has 1 heterocycles. The van der Waals surface area contributed by atoms with Gasteiger partial charge in [0.2, 0.25) is 11.6 Å². The number of rotatable bonds is 20. The lowest BCUT2D eigenvalue weighted by Crippen LogP contribution is -3.00. The van der Waals surface area contributed by atoms with Crippen LogP contribution in [0.3, 0.4) is 0 Å². The number of carbonyl (C=O) groups excluding carboxylic acids is 1. The number of nitrogens with zero attached hydrogens (tertiary/aromatic N) is 2. The maximum absolute atomic E-state index is 12.5. The van der Waals surface area contributed by atoms with E-state index in [0.717, 1.165) is 36.6 Å². The number of carbonyl (C=O) groups is 1. The van der Waals surface area contributed by atoms with Gasteiger partial charge in [0.25, 0.3) is 0 Å². The van der Waals surface area contributed by atoms with Gasteiger partial charge in [0.05, 0.1) is 6.61 Å². The van der Waals surface area contributed by atoms with Crippen LogP contribution >= 0.6 is 0 Å². The van der Waals surface area contributed by atoms with Crippen molar-refractivity contribution in [1.29, 1.82) is 0 Å². The van der Waals surface area contributed by atoms with Gasteiger partial charge in [0.1, 0.15) is 12.3 Å². The minimum Gasteiger partial charge on any atom is -1.00 e. The van der Waals surface area contributed by atoms with E-state index in [0.29, 0.717) is 13.1 Å². The van der Waals surface area contributed by atoms with Gasteiger partial charge < -0.3 is 26.6 Å². The number of unbranched alkanes of at least 4 members (excludes halogenated alkanes) is 11. The van der Waals surface area contributed by atoms with Crippen molar-refractivity contribution in [3.63, 3.8) is 0 Å². The minimum atomic E-state index is 0. The van der Waals surface area contributed by atoms with Crippen molar-refractivity contribution < 1.29 is 31.1 Å². The highest BCUT2D eigenvalue weighted by molar-refractivity contribution is 5.73. The zero-order valence-corrected chi connectivity index (χ0v) is 27.0. The third-order valence-corrected chi connectivity index (χ3v) is 7.59. The smallest absolute Gasteiger partial charge is 0.220 e. The first-order valence-electron chi connectivity index (χ1n) is 15.6. The molecule has 0 fully saturated rings. The molecule has 3 aromatic rings.